The fraction of sp³-hybridized carbons (Fsp3) is 0.122. The number of benzene rings is 4. The van der Waals surface area contributed by atoms with Crippen molar-refractivity contribution in [3.05, 3.63) is 139 Å². The molecular weight excluding hydrogens is 772 g/mol. The van der Waals surface area contributed by atoms with E-state index in [1.165, 1.54) is 30.3 Å². The number of hydrogen-bond acceptors (Lipinski definition) is 9. The maximum atomic E-state index is 13.5. The quantitative estimate of drug-likeness (QED) is 0.0629. The van der Waals surface area contributed by atoms with Gasteiger partial charge in [-0.2, -0.15) is 0 Å². The van der Waals surface area contributed by atoms with Gasteiger partial charge in [-0.25, -0.2) is 9.78 Å². The van der Waals surface area contributed by atoms with Crippen LogP contribution in [0.1, 0.15) is 55.9 Å². The van der Waals surface area contributed by atoms with Crippen molar-refractivity contribution < 1.29 is 24.2 Å². The normalized spacial score (nSPS) is 13.4. The highest BCUT2D eigenvalue weighted by atomic mass is 35.5. The summed E-state index contributed by atoms with van der Waals surface area (Å²) in [6.07, 6.45) is 1.71. The van der Waals surface area contributed by atoms with Gasteiger partial charge in [0, 0.05) is 67.3 Å². The number of thiophene rings is 1. The molecule has 1 amide bonds. The number of halogens is 1. The Morgan fingerprint density at radius 2 is 1.73 bits per heavy atom. The third-order valence-electron chi connectivity index (χ3n) is 9.62. The van der Waals surface area contributed by atoms with Crippen LogP contribution in [0.2, 0.25) is 5.02 Å². The second kappa shape index (κ2) is 14.4. The molecule has 280 valence electrons. The Labute approximate surface area is 333 Å². The third kappa shape index (κ3) is 6.67. The molecule has 3 aromatic carbocycles. The summed E-state index contributed by atoms with van der Waals surface area (Å²) < 4.78 is 7.98. The number of rotatable bonds is 6. The molecule has 0 unspecified atom stereocenters. The van der Waals surface area contributed by atoms with Gasteiger partial charge < -0.3 is 19.9 Å². The summed E-state index contributed by atoms with van der Waals surface area (Å²) in [7, 11) is 0. The monoisotopic (exact) mass is 802 g/mol. The van der Waals surface area contributed by atoms with Crippen molar-refractivity contribution in [3.63, 3.8) is 0 Å². The van der Waals surface area contributed by atoms with Crippen LogP contribution in [0.5, 0.6) is 5.75 Å². The number of fused-ring (bicyclic) bond motifs is 5. The number of thiocarbonyl (C=S) groups is 1. The first kappa shape index (κ1) is 36.6. The first-order chi connectivity index (χ1) is 26.9. The largest absolute Gasteiger partial charge is 0.508 e. The highest BCUT2D eigenvalue weighted by molar-refractivity contribution is 7.80. The van der Waals surface area contributed by atoms with Crippen LogP contribution in [0, 0.1) is 20.8 Å². The number of nitrogens with one attached hydrogen (secondary N) is 3. The second-order valence-electron chi connectivity index (χ2n) is 13.3. The summed E-state index contributed by atoms with van der Waals surface area (Å²) >= 11 is 13.4. The number of aliphatic imine (C=N–C) groups is 1. The average molecular weight is 803 g/mol. The summed E-state index contributed by atoms with van der Waals surface area (Å²) in [6.45, 7) is 6.11. The van der Waals surface area contributed by atoms with Crippen LogP contribution < -0.4 is 21.6 Å². The van der Waals surface area contributed by atoms with Crippen LogP contribution in [0.15, 0.2) is 99.3 Å². The summed E-state index contributed by atoms with van der Waals surface area (Å²) in [5, 5.41) is 25.5. The molecule has 5 aromatic rings. The van der Waals surface area contributed by atoms with Gasteiger partial charge >= 0.3 is 5.97 Å². The Bertz CT molecular complexity index is 2820. The Kier molecular flexibility index (Phi) is 9.40. The first-order valence-corrected chi connectivity index (χ1v) is 18.9. The fourth-order valence-electron chi connectivity index (χ4n) is 6.92. The Hall–Kier alpha value is -6.35. The van der Waals surface area contributed by atoms with E-state index in [4.69, 9.17) is 38.2 Å². The van der Waals surface area contributed by atoms with E-state index >= 15 is 0 Å². The molecule has 1 aliphatic carbocycles. The van der Waals surface area contributed by atoms with Gasteiger partial charge in [-0.3, -0.25) is 30.0 Å². The number of carboxylic acid groups (broad SMARTS) is 1. The van der Waals surface area contributed by atoms with Crippen molar-refractivity contribution >= 4 is 74.5 Å². The van der Waals surface area contributed by atoms with E-state index in [0.717, 1.165) is 38.0 Å². The zero-order valence-electron chi connectivity index (χ0n) is 29.9. The van der Waals surface area contributed by atoms with Gasteiger partial charge in [0.1, 0.15) is 34.0 Å². The van der Waals surface area contributed by atoms with E-state index in [-0.39, 0.29) is 39.6 Å². The Morgan fingerprint density at radius 1 is 0.964 bits per heavy atom. The van der Waals surface area contributed by atoms with Gasteiger partial charge in [-0.1, -0.05) is 29.8 Å². The molecule has 2 aromatic heterocycles. The number of hydrogen-bond donors (Lipinski definition) is 5. The molecule has 8 rings (SSSR count). The molecule has 56 heavy (non-hydrogen) atoms. The van der Waals surface area contributed by atoms with E-state index in [1.54, 1.807) is 41.8 Å². The number of aromatic hydroxyl groups is 1. The van der Waals surface area contributed by atoms with Crippen molar-refractivity contribution in [1.29, 1.82) is 0 Å². The number of anilines is 1. The highest BCUT2D eigenvalue weighted by Crippen LogP contribution is 2.43. The van der Waals surface area contributed by atoms with Gasteiger partial charge in [0.05, 0.1) is 17.7 Å². The van der Waals surface area contributed by atoms with Crippen LogP contribution in [0.3, 0.4) is 0 Å². The number of aromatic carboxylic acids is 1. The summed E-state index contributed by atoms with van der Waals surface area (Å²) in [5.74, 6) is -0.812. The smallest absolute Gasteiger partial charge is 0.336 e. The maximum Gasteiger partial charge on any atom is 0.336 e. The molecule has 12 nitrogen and oxygen atoms in total. The number of carboxylic acids is 1. The van der Waals surface area contributed by atoms with Crippen LogP contribution >= 0.6 is 35.2 Å². The molecule has 5 N–H and O–H groups in total. The van der Waals surface area contributed by atoms with Gasteiger partial charge in [0.15, 0.2) is 10.5 Å². The van der Waals surface area contributed by atoms with Crippen molar-refractivity contribution in [2.24, 2.45) is 4.99 Å². The van der Waals surface area contributed by atoms with Gasteiger partial charge in [0.25, 0.3) is 0 Å². The maximum absolute atomic E-state index is 13.5. The Balaban J connectivity index is 1.04. The molecule has 3 aliphatic rings. The summed E-state index contributed by atoms with van der Waals surface area (Å²) in [5.41, 5.74) is 11.6. The van der Waals surface area contributed by atoms with E-state index in [1.807, 2.05) is 31.2 Å². The van der Waals surface area contributed by atoms with E-state index in [2.05, 4.69) is 34.6 Å². The molecule has 2 aliphatic heterocycles. The number of nitrogens with zero attached hydrogens (tertiary/aromatic N) is 3. The SMILES string of the molecule is Cc1sc2c(c1C)C(c1ccc(Cl)cc1)=N[C@H](CC(=O)NNC(=S)Nc1ccc(-c3c4ccc(=O)cc-4oc4cc(O)ccc34)c(C(=O)O)c1)c1ncc(C)n1-2. The van der Waals surface area contributed by atoms with Crippen LogP contribution in [-0.2, 0) is 4.79 Å². The lowest BCUT2D eigenvalue weighted by atomic mass is 9.90. The minimum Gasteiger partial charge on any atom is -0.508 e. The standard InChI is InChI=1S/C41H31ClN6O6S2/c1-19-18-43-38-31(45-37(22-4-6-23(42)7-5-22)35-20(2)21(3)56-39(35)48(19)38)17-34(51)46-47-41(55)44-24-8-11-27(30(14-24)40(52)53)36-28-12-9-25(49)15-32(28)54-33-16-26(50)10-13-29(33)36/h4-16,18,31,49H,17H2,1-3H3,(H,46,51)(H,52,53)(H2,44,47,55)/t31-/m1/s1. The topological polar surface area (TPSA) is 171 Å². The second-order valence-corrected chi connectivity index (χ2v) is 15.3. The lowest BCUT2D eigenvalue weighted by Gasteiger charge is -2.18. The zero-order chi connectivity index (χ0) is 39.4. The number of carbonyl (C=O) groups excluding carboxylic acids is 1. The fourth-order valence-corrected chi connectivity index (χ4v) is 8.44. The third-order valence-corrected chi connectivity index (χ3v) is 11.3. The van der Waals surface area contributed by atoms with Crippen molar-refractivity contribution in [2.75, 3.05) is 5.32 Å². The predicted molar refractivity (Wildman–Crippen MR) is 221 cm³/mol. The van der Waals surface area contributed by atoms with Crippen LogP contribution in [-0.4, -0.2) is 42.5 Å². The number of aryl methyl sites for hydroxylation is 2. The number of phenols is 1. The number of amides is 1. The summed E-state index contributed by atoms with van der Waals surface area (Å²) in [6, 6.07) is 20.3. The lowest BCUT2D eigenvalue weighted by molar-refractivity contribution is -0.122. The van der Waals surface area contributed by atoms with E-state index in [0.29, 0.717) is 38.6 Å². The number of carbonyl (C=O) groups is 2. The average Bonchev–Trinajstić information content (AvgIpc) is 3.64. The molecule has 4 heterocycles. The molecule has 0 saturated heterocycles. The molecule has 0 radical (unpaired) electrons. The molecule has 0 fully saturated rings. The van der Waals surface area contributed by atoms with Gasteiger partial charge in [-0.15, -0.1) is 11.3 Å². The van der Waals surface area contributed by atoms with E-state index < -0.39 is 17.9 Å². The highest BCUT2D eigenvalue weighted by Gasteiger charge is 2.32. The number of imidazole rings is 1. The lowest BCUT2D eigenvalue weighted by Crippen LogP contribution is -2.44. The van der Waals surface area contributed by atoms with Crippen molar-refractivity contribution in [1.82, 2.24) is 20.4 Å². The minimum absolute atomic E-state index is 0.00662. The summed E-state index contributed by atoms with van der Waals surface area (Å²) in [4.78, 5) is 49.4. The minimum atomic E-state index is -1.22. The molecule has 0 spiro atoms. The molecule has 0 saturated carbocycles. The predicted octanol–water partition coefficient (Wildman–Crippen LogP) is 8.09. The molecule has 0 bridgehead atoms. The van der Waals surface area contributed by atoms with Crippen LogP contribution in [0.25, 0.3) is 38.4 Å². The molecule has 15 heteroatoms. The van der Waals surface area contributed by atoms with Crippen LogP contribution in [0.4, 0.5) is 5.69 Å². The molecular formula is C41H31ClN6O6S2. The van der Waals surface area contributed by atoms with E-state index in [9.17, 15) is 24.6 Å². The van der Waals surface area contributed by atoms with Crippen molar-refractivity contribution in [3.8, 4) is 33.2 Å². The van der Waals surface area contributed by atoms with Gasteiger partial charge in [-0.05, 0) is 92.6 Å². The Morgan fingerprint density at radius 3 is 2.50 bits per heavy atom. The number of aromatic nitrogens is 2. The zero-order valence-corrected chi connectivity index (χ0v) is 32.3. The number of hydrazine groups is 1. The van der Waals surface area contributed by atoms with Gasteiger partial charge in [0.2, 0.25) is 5.91 Å². The number of phenolic OH excluding ortho intramolecular Hbond substituents is 1. The first-order valence-electron chi connectivity index (χ1n) is 17.3. The molecule has 1 atom stereocenters. The van der Waals surface area contributed by atoms with Crippen molar-refractivity contribution in [2.45, 2.75) is 33.2 Å².